The van der Waals surface area contributed by atoms with Gasteiger partial charge in [0.1, 0.15) is 5.75 Å². The van der Waals surface area contributed by atoms with Crippen LogP contribution in [-0.2, 0) is 10.0 Å². The summed E-state index contributed by atoms with van der Waals surface area (Å²) in [4.78, 5) is 0.0698. The predicted octanol–water partition coefficient (Wildman–Crippen LogP) is 2.21. The van der Waals surface area contributed by atoms with Gasteiger partial charge in [-0.1, -0.05) is 18.2 Å². The standard InChI is InChI=1S/C14H16N2O3S/c1-10(11-5-7-13(17)8-6-11)16-12-3-2-4-14(9-12)20(15,18)19/h2-10,16-17H,1H3,(H2,15,18,19). The number of aromatic hydroxyl groups is 1. The molecule has 0 aromatic heterocycles. The Morgan fingerprint density at radius 3 is 2.40 bits per heavy atom. The fourth-order valence-electron chi connectivity index (χ4n) is 1.86. The molecule has 2 rings (SSSR count). The maximum atomic E-state index is 11.3. The number of hydrogen-bond donors (Lipinski definition) is 3. The lowest BCUT2D eigenvalue weighted by molar-refractivity contribution is 0.475. The number of phenolic OH excluding ortho intramolecular Hbond substituents is 1. The van der Waals surface area contributed by atoms with E-state index in [9.17, 15) is 13.5 Å². The van der Waals surface area contributed by atoms with Gasteiger partial charge in [0.2, 0.25) is 10.0 Å². The van der Waals surface area contributed by atoms with Crippen molar-refractivity contribution in [2.45, 2.75) is 17.9 Å². The average molecular weight is 292 g/mol. The van der Waals surface area contributed by atoms with E-state index in [2.05, 4.69) is 5.32 Å². The van der Waals surface area contributed by atoms with Crippen LogP contribution in [0.3, 0.4) is 0 Å². The number of anilines is 1. The minimum atomic E-state index is -3.70. The van der Waals surface area contributed by atoms with Gasteiger partial charge in [-0.2, -0.15) is 0 Å². The number of primary sulfonamides is 1. The maximum Gasteiger partial charge on any atom is 0.238 e. The Labute approximate surface area is 118 Å². The Kier molecular flexibility index (Phi) is 3.96. The summed E-state index contributed by atoms with van der Waals surface area (Å²) in [6, 6.07) is 13.1. The van der Waals surface area contributed by atoms with Crippen LogP contribution in [0.2, 0.25) is 0 Å². The number of hydrogen-bond acceptors (Lipinski definition) is 4. The number of rotatable bonds is 4. The molecule has 0 heterocycles. The minimum Gasteiger partial charge on any atom is -0.508 e. The Morgan fingerprint density at radius 1 is 1.15 bits per heavy atom. The predicted molar refractivity (Wildman–Crippen MR) is 78.0 cm³/mol. The lowest BCUT2D eigenvalue weighted by Crippen LogP contribution is -2.13. The topological polar surface area (TPSA) is 92.4 Å². The fourth-order valence-corrected chi connectivity index (χ4v) is 2.42. The fraction of sp³-hybridized carbons (Fsp3) is 0.143. The first-order valence-corrected chi connectivity index (χ1v) is 7.59. The number of nitrogens with two attached hydrogens (primary N) is 1. The van der Waals surface area contributed by atoms with Crippen molar-refractivity contribution in [3.05, 3.63) is 54.1 Å². The van der Waals surface area contributed by atoms with E-state index >= 15 is 0 Å². The van der Waals surface area contributed by atoms with Gasteiger partial charge in [0.25, 0.3) is 0 Å². The van der Waals surface area contributed by atoms with Crippen molar-refractivity contribution < 1.29 is 13.5 Å². The highest BCUT2D eigenvalue weighted by Crippen LogP contribution is 2.22. The molecule has 2 aromatic rings. The summed E-state index contributed by atoms with van der Waals surface area (Å²) in [5.74, 6) is 0.206. The van der Waals surface area contributed by atoms with Crippen LogP contribution in [0.25, 0.3) is 0 Å². The van der Waals surface area contributed by atoms with Gasteiger partial charge in [-0.15, -0.1) is 0 Å². The molecule has 0 spiro atoms. The molecule has 6 heteroatoms. The van der Waals surface area contributed by atoms with Gasteiger partial charge in [0, 0.05) is 11.7 Å². The van der Waals surface area contributed by atoms with Crippen LogP contribution < -0.4 is 10.5 Å². The van der Waals surface area contributed by atoms with Crippen molar-refractivity contribution in [1.29, 1.82) is 0 Å². The summed E-state index contributed by atoms with van der Waals surface area (Å²) < 4.78 is 22.6. The normalized spacial score (nSPS) is 12.9. The molecule has 1 atom stereocenters. The molecule has 0 aliphatic carbocycles. The van der Waals surface area contributed by atoms with Gasteiger partial charge in [-0.25, -0.2) is 13.6 Å². The Balaban J connectivity index is 2.20. The number of phenols is 1. The highest BCUT2D eigenvalue weighted by Gasteiger charge is 2.10. The van der Waals surface area contributed by atoms with E-state index < -0.39 is 10.0 Å². The zero-order valence-electron chi connectivity index (χ0n) is 10.9. The summed E-state index contributed by atoms with van der Waals surface area (Å²) in [5, 5.41) is 17.5. The van der Waals surface area contributed by atoms with E-state index in [0.717, 1.165) is 5.56 Å². The quantitative estimate of drug-likeness (QED) is 0.805. The van der Waals surface area contributed by atoms with Crippen molar-refractivity contribution >= 4 is 15.7 Å². The second-order valence-electron chi connectivity index (χ2n) is 4.53. The third-order valence-corrected chi connectivity index (χ3v) is 3.85. The number of sulfonamides is 1. The van der Waals surface area contributed by atoms with Gasteiger partial charge in [0.05, 0.1) is 4.90 Å². The molecule has 0 radical (unpaired) electrons. The molecule has 0 aliphatic rings. The lowest BCUT2D eigenvalue weighted by Gasteiger charge is -2.16. The van der Waals surface area contributed by atoms with E-state index in [1.807, 2.05) is 6.92 Å². The van der Waals surface area contributed by atoms with E-state index in [4.69, 9.17) is 5.14 Å². The van der Waals surface area contributed by atoms with Gasteiger partial charge in [-0.05, 0) is 42.8 Å². The molecule has 4 N–H and O–H groups in total. The van der Waals surface area contributed by atoms with Gasteiger partial charge in [-0.3, -0.25) is 0 Å². The highest BCUT2D eigenvalue weighted by molar-refractivity contribution is 7.89. The molecule has 106 valence electrons. The van der Waals surface area contributed by atoms with Gasteiger partial charge in [0.15, 0.2) is 0 Å². The molecule has 1 unspecified atom stereocenters. The minimum absolute atomic E-state index is 0.0358. The van der Waals surface area contributed by atoms with Gasteiger partial charge >= 0.3 is 0 Å². The van der Waals surface area contributed by atoms with Crippen molar-refractivity contribution in [1.82, 2.24) is 0 Å². The van der Waals surface area contributed by atoms with Crippen molar-refractivity contribution in [3.8, 4) is 5.75 Å². The van der Waals surface area contributed by atoms with Crippen molar-refractivity contribution in [2.24, 2.45) is 5.14 Å². The SMILES string of the molecule is CC(Nc1cccc(S(N)(=O)=O)c1)c1ccc(O)cc1. The molecule has 0 amide bonds. The Bertz CT molecular complexity index is 697. The second-order valence-corrected chi connectivity index (χ2v) is 6.09. The van der Waals surface area contributed by atoms with Gasteiger partial charge < -0.3 is 10.4 Å². The molecule has 0 fully saturated rings. The molecule has 5 nitrogen and oxygen atoms in total. The van der Waals surface area contributed by atoms with E-state index in [1.165, 1.54) is 12.1 Å². The van der Waals surface area contributed by atoms with Crippen LogP contribution in [-0.4, -0.2) is 13.5 Å². The van der Waals surface area contributed by atoms with E-state index in [0.29, 0.717) is 5.69 Å². The first-order chi connectivity index (χ1) is 9.36. The highest BCUT2D eigenvalue weighted by atomic mass is 32.2. The van der Waals surface area contributed by atoms with E-state index in [1.54, 1.807) is 36.4 Å². The Hall–Kier alpha value is -2.05. The summed E-state index contributed by atoms with van der Waals surface area (Å²) in [6.07, 6.45) is 0. The molecular weight excluding hydrogens is 276 g/mol. The first kappa shape index (κ1) is 14.4. The zero-order chi connectivity index (χ0) is 14.8. The van der Waals surface area contributed by atoms with Crippen LogP contribution >= 0.6 is 0 Å². The van der Waals surface area contributed by atoms with Crippen molar-refractivity contribution in [3.63, 3.8) is 0 Å². The van der Waals surface area contributed by atoms with Crippen LogP contribution in [0.15, 0.2) is 53.4 Å². The summed E-state index contributed by atoms with van der Waals surface area (Å²) in [6.45, 7) is 1.94. The van der Waals surface area contributed by atoms with E-state index in [-0.39, 0.29) is 16.7 Å². The zero-order valence-corrected chi connectivity index (χ0v) is 11.8. The van der Waals surface area contributed by atoms with Crippen LogP contribution in [0.1, 0.15) is 18.5 Å². The molecule has 20 heavy (non-hydrogen) atoms. The smallest absolute Gasteiger partial charge is 0.238 e. The monoisotopic (exact) mass is 292 g/mol. The van der Waals surface area contributed by atoms with Crippen LogP contribution in [0.4, 0.5) is 5.69 Å². The van der Waals surface area contributed by atoms with Crippen LogP contribution in [0, 0.1) is 0 Å². The molecule has 0 saturated carbocycles. The molecular formula is C14H16N2O3S. The average Bonchev–Trinajstić information content (AvgIpc) is 2.38. The molecule has 0 aliphatic heterocycles. The number of benzene rings is 2. The second kappa shape index (κ2) is 5.52. The molecule has 0 bridgehead atoms. The largest absolute Gasteiger partial charge is 0.508 e. The Morgan fingerprint density at radius 2 is 1.80 bits per heavy atom. The molecule has 0 saturated heterocycles. The first-order valence-electron chi connectivity index (χ1n) is 6.04. The summed E-state index contributed by atoms with van der Waals surface area (Å²) >= 11 is 0. The third-order valence-electron chi connectivity index (χ3n) is 2.94. The summed E-state index contributed by atoms with van der Waals surface area (Å²) in [7, 11) is -3.70. The number of nitrogens with one attached hydrogen (secondary N) is 1. The third kappa shape index (κ3) is 3.49. The summed E-state index contributed by atoms with van der Waals surface area (Å²) in [5.41, 5.74) is 1.64. The van der Waals surface area contributed by atoms with Crippen LogP contribution in [0.5, 0.6) is 5.75 Å². The van der Waals surface area contributed by atoms with Crippen molar-refractivity contribution in [2.75, 3.05) is 5.32 Å². The molecule has 2 aromatic carbocycles. The maximum absolute atomic E-state index is 11.3. The lowest BCUT2D eigenvalue weighted by atomic mass is 10.1.